The Kier molecular flexibility index (Phi) is 4.53. The molecule has 3 rings (SSSR count). The molecule has 0 atom stereocenters. The molecule has 130 valence electrons. The van der Waals surface area contributed by atoms with Crippen molar-refractivity contribution >= 4 is 0 Å². The van der Waals surface area contributed by atoms with Crippen LogP contribution >= 0.6 is 0 Å². The largest absolute Gasteiger partial charge is 0.489 e. The van der Waals surface area contributed by atoms with E-state index in [-0.39, 0.29) is 12.0 Å². The summed E-state index contributed by atoms with van der Waals surface area (Å²) < 4.78 is 37.0. The molecule has 0 spiro atoms. The quantitative estimate of drug-likeness (QED) is 0.676. The average molecular weight is 344 g/mol. The van der Waals surface area contributed by atoms with Gasteiger partial charge in [0, 0.05) is 11.0 Å². The van der Waals surface area contributed by atoms with E-state index in [1.807, 2.05) is 32.9 Å². The molecule has 1 aromatic heterocycles. The summed E-state index contributed by atoms with van der Waals surface area (Å²) in [6.07, 6.45) is 0. The Morgan fingerprint density at radius 3 is 2.32 bits per heavy atom. The summed E-state index contributed by atoms with van der Waals surface area (Å²) >= 11 is 0. The molecule has 1 heterocycles. The maximum atomic E-state index is 13.2. The van der Waals surface area contributed by atoms with E-state index in [0.29, 0.717) is 23.0 Å². The molecule has 0 amide bonds. The Hall–Kier alpha value is -2.76. The molecule has 2 aromatic carbocycles. The number of hydrogen-bond acceptors (Lipinski definition) is 4. The second-order valence-corrected chi connectivity index (χ2v) is 6.73. The molecule has 0 saturated carbocycles. The zero-order chi connectivity index (χ0) is 18.0. The molecule has 0 aliphatic heterocycles. The summed E-state index contributed by atoms with van der Waals surface area (Å²) in [6.45, 7) is 6.14. The summed E-state index contributed by atoms with van der Waals surface area (Å²) in [5, 5.41) is 3.99. The van der Waals surface area contributed by atoms with Gasteiger partial charge in [0.15, 0.2) is 11.6 Å². The van der Waals surface area contributed by atoms with Crippen LogP contribution in [0.2, 0.25) is 0 Å². The van der Waals surface area contributed by atoms with Gasteiger partial charge in [0.25, 0.3) is 0 Å². The maximum Gasteiger partial charge on any atom is 0.232 e. The van der Waals surface area contributed by atoms with E-state index in [2.05, 4.69) is 10.1 Å². The number of halogens is 2. The monoisotopic (exact) mass is 344 g/mol. The average Bonchev–Trinajstić information content (AvgIpc) is 3.07. The van der Waals surface area contributed by atoms with Crippen molar-refractivity contribution in [3.63, 3.8) is 0 Å². The van der Waals surface area contributed by atoms with Crippen molar-refractivity contribution < 1.29 is 18.0 Å². The Labute approximate surface area is 144 Å². The van der Waals surface area contributed by atoms with E-state index in [9.17, 15) is 8.78 Å². The molecule has 0 radical (unpaired) electrons. The Morgan fingerprint density at radius 1 is 1.00 bits per heavy atom. The fourth-order valence-electron chi connectivity index (χ4n) is 2.14. The Balaban J connectivity index is 1.68. The smallest absolute Gasteiger partial charge is 0.232 e. The number of nitrogens with zero attached hydrogens (tertiary/aromatic N) is 2. The van der Waals surface area contributed by atoms with Crippen molar-refractivity contribution in [2.45, 2.75) is 32.8 Å². The van der Waals surface area contributed by atoms with Crippen molar-refractivity contribution in [2.75, 3.05) is 0 Å². The van der Waals surface area contributed by atoms with E-state index >= 15 is 0 Å². The van der Waals surface area contributed by atoms with Crippen molar-refractivity contribution in [3.8, 4) is 17.1 Å². The highest BCUT2D eigenvalue weighted by Gasteiger charge is 2.22. The highest BCUT2D eigenvalue weighted by molar-refractivity contribution is 5.55. The first-order valence-corrected chi connectivity index (χ1v) is 7.84. The van der Waals surface area contributed by atoms with Gasteiger partial charge in [-0.3, -0.25) is 0 Å². The minimum Gasteiger partial charge on any atom is -0.489 e. The lowest BCUT2D eigenvalue weighted by molar-refractivity contribution is 0.305. The van der Waals surface area contributed by atoms with Gasteiger partial charge in [-0.05, 0) is 42.0 Å². The molecule has 0 unspecified atom stereocenters. The molecule has 0 N–H and O–H groups in total. The molecule has 6 heteroatoms. The van der Waals surface area contributed by atoms with Gasteiger partial charge >= 0.3 is 0 Å². The molecule has 0 bridgehead atoms. The first-order valence-electron chi connectivity index (χ1n) is 7.84. The van der Waals surface area contributed by atoms with Gasteiger partial charge in [-0.25, -0.2) is 8.78 Å². The summed E-state index contributed by atoms with van der Waals surface area (Å²) in [6, 6.07) is 10.9. The van der Waals surface area contributed by atoms with Crippen LogP contribution in [0.5, 0.6) is 5.75 Å². The molecular weight excluding hydrogens is 326 g/mol. The highest BCUT2D eigenvalue weighted by Crippen LogP contribution is 2.25. The summed E-state index contributed by atoms with van der Waals surface area (Å²) in [5.74, 6) is -0.0719. The van der Waals surface area contributed by atoms with E-state index in [0.717, 1.165) is 17.7 Å². The third-order valence-corrected chi connectivity index (χ3v) is 3.57. The van der Waals surface area contributed by atoms with Gasteiger partial charge in [0.1, 0.15) is 12.4 Å². The van der Waals surface area contributed by atoms with E-state index < -0.39 is 11.6 Å². The third-order valence-electron chi connectivity index (χ3n) is 3.57. The zero-order valence-electron chi connectivity index (χ0n) is 14.2. The molecule has 4 nitrogen and oxygen atoms in total. The molecule has 0 aliphatic rings. The SMILES string of the molecule is CC(C)(C)c1nc(-c2ccc(OCc3ccc(F)c(F)c3)cc2)no1. The van der Waals surface area contributed by atoms with Crippen molar-refractivity contribution in [2.24, 2.45) is 0 Å². The van der Waals surface area contributed by atoms with Crippen LogP contribution < -0.4 is 4.74 Å². The molecule has 0 fully saturated rings. The number of rotatable bonds is 4. The van der Waals surface area contributed by atoms with Gasteiger partial charge in [-0.15, -0.1) is 0 Å². The highest BCUT2D eigenvalue weighted by atomic mass is 19.2. The van der Waals surface area contributed by atoms with Crippen LogP contribution in [0.15, 0.2) is 47.0 Å². The topological polar surface area (TPSA) is 48.2 Å². The van der Waals surface area contributed by atoms with Gasteiger partial charge in [0.05, 0.1) is 0 Å². The first-order chi connectivity index (χ1) is 11.8. The van der Waals surface area contributed by atoms with E-state index in [1.165, 1.54) is 6.07 Å². The number of hydrogen-bond donors (Lipinski definition) is 0. The Bertz CT molecular complexity index is 868. The zero-order valence-corrected chi connectivity index (χ0v) is 14.2. The van der Waals surface area contributed by atoms with Gasteiger partial charge in [-0.2, -0.15) is 4.98 Å². The van der Waals surface area contributed by atoms with Crippen LogP contribution in [0.3, 0.4) is 0 Å². The summed E-state index contributed by atoms with van der Waals surface area (Å²) in [5.41, 5.74) is 1.15. The Morgan fingerprint density at radius 2 is 1.72 bits per heavy atom. The number of benzene rings is 2. The third kappa shape index (κ3) is 4.02. The predicted octanol–water partition coefficient (Wildman–Crippen LogP) is 4.89. The lowest BCUT2D eigenvalue weighted by Gasteiger charge is -2.10. The number of aromatic nitrogens is 2. The van der Waals surface area contributed by atoms with Gasteiger partial charge in [0.2, 0.25) is 11.7 Å². The van der Waals surface area contributed by atoms with Crippen LogP contribution in [0, 0.1) is 11.6 Å². The van der Waals surface area contributed by atoms with Crippen LogP contribution in [-0.4, -0.2) is 10.1 Å². The second-order valence-electron chi connectivity index (χ2n) is 6.73. The lowest BCUT2D eigenvalue weighted by atomic mass is 9.97. The number of ether oxygens (including phenoxy) is 1. The first kappa shape index (κ1) is 17.1. The molecule has 0 aliphatic carbocycles. The fourth-order valence-corrected chi connectivity index (χ4v) is 2.14. The normalized spacial score (nSPS) is 11.6. The van der Waals surface area contributed by atoms with Crippen molar-refractivity contribution in [3.05, 3.63) is 65.6 Å². The van der Waals surface area contributed by atoms with Crippen LogP contribution in [0.1, 0.15) is 32.2 Å². The van der Waals surface area contributed by atoms with Crippen LogP contribution in [0.25, 0.3) is 11.4 Å². The summed E-state index contributed by atoms with van der Waals surface area (Å²) in [7, 11) is 0. The standard InChI is InChI=1S/C19H18F2N2O2/c1-19(2,3)18-22-17(23-25-18)13-5-7-14(8-6-13)24-11-12-4-9-15(20)16(21)10-12/h4-10H,11H2,1-3H3. The predicted molar refractivity (Wildman–Crippen MR) is 89.1 cm³/mol. The van der Waals surface area contributed by atoms with Gasteiger partial charge < -0.3 is 9.26 Å². The molecule has 25 heavy (non-hydrogen) atoms. The van der Waals surface area contributed by atoms with E-state index in [1.54, 1.807) is 12.1 Å². The van der Waals surface area contributed by atoms with Crippen LogP contribution in [-0.2, 0) is 12.0 Å². The minimum absolute atomic E-state index is 0.146. The summed E-state index contributed by atoms with van der Waals surface area (Å²) in [4.78, 5) is 4.40. The lowest BCUT2D eigenvalue weighted by Crippen LogP contribution is -2.11. The van der Waals surface area contributed by atoms with Crippen molar-refractivity contribution in [1.29, 1.82) is 0 Å². The molecule has 0 saturated heterocycles. The molecule has 3 aromatic rings. The van der Waals surface area contributed by atoms with Crippen molar-refractivity contribution in [1.82, 2.24) is 10.1 Å². The second kappa shape index (κ2) is 6.63. The minimum atomic E-state index is -0.886. The molecular formula is C19H18F2N2O2. The van der Waals surface area contributed by atoms with Gasteiger partial charge in [-0.1, -0.05) is 32.0 Å². The van der Waals surface area contributed by atoms with Crippen LogP contribution in [0.4, 0.5) is 8.78 Å². The maximum absolute atomic E-state index is 13.2. The fraction of sp³-hybridized carbons (Fsp3) is 0.263. The van der Waals surface area contributed by atoms with E-state index in [4.69, 9.17) is 9.26 Å².